The van der Waals surface area contributed by atoms with Crippen molar-refractivity contribution in [3.63, 3.8) is 0 Å². The van der Waals surface area contributed by atoms with Crippen LogP contribution in [0.1, 0.15) is 11.1 Å². The van der Waals surface area contributed by atoms with Crippen LogP contribution in [0.5, 0.6) is 0 Å². The number of imidazole rings is 1. The zero-order valence-corrected chi connectivity index (χ0v) is 17.0. The van der Waals surface area contributed by atoms with E-state index < -0.39 is 0 Å². The van der Waals surface area contributed by atoms with Crippen molar-refractivity contribution in [1.29, 1.82) is 0 Å². The zero-order chi connectivity index (χ0) is 20.9. The van der Waals surface area contributed by atoms with Crippen LogP contribution in [0.3, 0.4) is 0 Å². The Hall–Kier alpha value is -3.38. The Kier molecular flexibility index (Phi) is 5.95. The topological polar surface area (TPSA) is 68.9 Å². The van der Waals surface area contributed by atoms with Gasteiger partial charge in [0.1, 0.15) is 0 Å². The van der Waals surface area contributed by atoms with Crippen molar-refractivity contribution in [2.24, 2.45) is 0 Å². The first-order valence-electron chi connectivity index (χ1n) is 9.71. The molecule has 152 valence electrons. The predicted molar refractivity (Wildman–Crippen MR) is 118 cm³/mol. The van der Waals surface area contributed by atoms with Crippen molar-refractivity contribution in [1.82, 2.24) is 19.4 Å². The van der Waals surface area contributed by atoms with E-state index in [4.69, 9.17) is 11.6 Å². The number of halogens is 1. The lowest BCUT2D eigenvalue weighted by Gasteiger charge is -2.06. The Balaban J connectivity index is 1.47. The zero-order valence-electron chi connectivity index (χ0n) is 16.3. The van der Waals surface area contributed by atoms with Gasteiger partial charge in [0, 0.05) is 24.3 Å². The first kappa shape index (κ1) is 19.9. The molecule has 30 heavy (non-hydrogen) atoms. The predicted octanol–water partition coefficient (Wildman–Crippen LogP) is 3.26. The Labute approximate surface area is 178 Å². The normalized spacial score (nSPS) is 11.0. The second-order valence-corrected chi connectivity index (χ2v) is 7.44. The van der Waals surface area contributed by atoms with E-state index in [0.717, 1.165) is 16.6 Å². The number of nitrogens with one attached hydrogen (secondary N) is 1. The van der Waals surface area contributed by atoms with E-state index in [1.165, 1.54) is 0 Å². The highest BCUT2D eigenvalue weighted by Gasteiger charge is 2.14. The van der Waals surface area contributed by atoms with Crippen LogP contribution in [-0.2, 0) is 24.3 Å². The molecule has 2 heterocycles. The molecule has 0 spiro atoms. The number of rotatable bonds is 7. The summed E-state index contributed by atoms with van der Waals surface area (Å²) in [4.78, 5) is 29.7. The molecule has 6 nitrogen and oxygen atoms in total. The number of nitrogens with zero attached hydrogens (tertiary/aromatic N) is 3. The van der Waals surface area contributed by atoms with Crippen molar-refractivity contribution in [3.8, 4) is 0 Å². The fraction of sp³-hybridized carbons (Fsp3) is 0.174. The molecule has 0 aliphatic heterocycles. The first-order valence-corrected chi connectivity index (χ1v) is 10.1. The van der Waals surface area contributed by atoms with Crippen LogP contribution in [0.2, 0.25) is 5.02 Å². The number of carbonyl (C=O) groups is 1. The fourth-order valence-corrected chi connectivity index (χ4v) is 3.55. The van der Waals surface area contributed by atoms with Gasteiger partial charge >= 0.3 is 5.69 Å². The summed E-state index contributed by atoms with van der Waals surface area (Å²) in [7, 11) is 0. The standard InChI is InChI=1S/C23H21ClN4O2/c24-19-10-8-17(9-11-19)15-21(29)25-13-14-27-22-20(7-4-12-26-22)28(23(27)30)16-18-5-2-1-3-6-18/h1-12H,13-16H2,(H,25,29). The maximum absolute atomic E-state index is 13.1. The van der Waals surface area contributed by atoms with E-state index >= 15 is 0 Å². The second-order valence-electron chi connectivity index (χ2n) is 7.01. The lowest BCUT2D eigenvalue weighted by atomic mass is 10.1. The molecule has 0 aliphatic carbocycles. The highest BCUT2D eigenvalue weighted by atomic mass is 35.5. The van der Waals surface area contributed by atoms with Crippen molar-refractivity contribution in [3.05, 3.63) is 99.6 Å². The average Bonchev–Trinajstić information content (AvgIpc) is 3.02. The Morgan fingerprint density at radius 2 is 1.70 bits per heavy atom. The minimum Gasteiger partial charge on any atom is -0.354 e. The Bertz CT molecular complexity index is 1210. The molecule has 0 saturated carbocycles. The monoisotopic (exact) mass is 420 g/mol. The first-order chi connectivity index (χ1) is 14.6. The van der Waals surface area contributed by atoms with Gasteiger partial charge in [0.05, 0.1) is 18.5 Å². The SMILES string of the molecule is O=C(Cc1ccc(Cl)cc1)NCCn1c(=O)n(Cc2ccccc2)c2cccnc21. The smallest absolute Gasteiger partial charge is 0.330 e. The summed E-state index contributed by atoms with van der Waals surface area (Å²) < 4.78 is 3.33. The van der Waals surface area contributed by atoms with Crippen LogP contribution in [0.4, 0.5) is 0 Å². The molecule has 0 bridgehead atoms. The van der Waals surface area contributed by atoms with E-state index in [9.17, 15) is 9.59 Å². The summed E-state index contributed by atoms with van der Waals surface area (Å²) in [5, 5.41) is 3.51. The van der Waals surface area contributed by atoms with Gasteiger partial charge in [0.2, 0.25) is 5.91 Å². The van der Waals surface area contributed by atoms with Gasteiger partial charge in [0.15, 0.2) is 5.65 Å². The maximum Gasteiger partial charge on any atom is 0.330 e. The average molecular weight is 421 g/mol. The lowest BCUT2D eigenvalue weighted by Crippen LogP contribution is -2.32. The molecule has 0 aliphatic rings. The fourth-order valence-electron chi connectivity index (χ4n) is 3.42. The highest BCUT2D eigenvalue weighted by molar-refractivity contribution is 6.30. The summed E-state index contributed by atoms with van der Waals surface area (Å²) in [5.74, 6) is -0.105. The maximum atomic E-state index is 13.1. The van der Waals surface area contributed by atoms with E-state index in [1.807, 2.05) is 54.6 Å². The van der Waals surface area contributed by atoms with Crippen LogP contribution in [-0.4, -0.2) is 26.6 Å². The van der Waals surface area contributed by atoms with Crippen molar-refractivity contribution in [2.45, 2.75) is 19.5 Å². The summed E-state index contributed by atoms with van der Waals surface area (Å²) in [6.45, 7) is 1.16. The van der Waals surface area contributed by atoms with Gasteiger partial charge in [-0.05, 0) is 35.4 Å². The van der Waals surface area contributed by atoms with E-state index in [-0.39, 0.29) is 18.0 Å². The molecule has 4 rings (SSSR count). The molecule has 0 saturated heterocycles. The third kappa shape index (κ3) is 4.44. The summed E-state index contributed by atoms with van der Waals surface area (Å²) in [5.41, 5.74) is 3.18. The number of aromatic nitrogens is 3. The summed E-state index contributed by atoms with van der Waals surface area (Å²) in [6, 6.07) is 20.7. The molecule has 4 aromatic rings. The van der Waals surface area contributed by atoms with E-state index in [2.05, 4.69) is 10.3 Å². The van der Waals surface area contributed by atoms with Gasteiger partial charge in [0.25, 0.3) is 0 Å². The molecule has 2 aromatic heterocycles. The quantitative estimate of drug-likeness (QED) is 0.499. The molecule has 0 unspecified atom stereocenters. The molecule has 7 heteroatoms. The molecular weight excluding hydrogens is 400 g/mol. The van der Waals surface area contributed by atoms with Gasteiger partial charge in [-0.3, -0.25) is 13.9 Å². The van der Waals surface area contributed by atoms with Crippen LogP contribution >= 0.6 is 11.6 Å². The number of pyridine rings is 1. The van der Waals surface area contributed by atoms with Crippen molar-refractivity contribution >= 4 is 28.7 Å². The van der Waals surface area contributed by atoms with Crippen LogP contribution < -0.4 is 11.0 Å². The number of hydrogen-bond donors (Lipinski definition) is 1. The van der Waals surface area contributed by atoms with E-state index in [0.29, 0.717) is 30.3 Å². The van der Waals surface area contributed by atoms with Gasteiger partial charge < -0.3 is 5.32 Å². The van der Waals surface area contributed by atoms with Gasteiger partial charge in [-0.25, -0.2) is 9.78 Å². The minimum absolute atomic E-state index is 0.105. The number of amides is 1. The number of benzene rings is 2. The molecular formula is C23H21ClN4O2. The third-order valence-corrected chi connectivity index (χ3v) is 5.15. The number of hydrogen-bond acceptors (Lipinski definition) is 3. The van der Waals surface area contributed by atoms with Crippen LogP contribution in [0.25, 0.3) is 11.2 Å². The third-order valence-electron chi connectivity index (χ3n) is 4.89. The Morgan fingerprint density at radius 3 is 2.47 bits per heavy atom. The molecule has 1 amide bonds. The molecule has 2 aromatic carbocycles. The molecule has 0 fully saturated rings. The van der Waals surface area contributed by atoms with E-state index in [1.54, 1.807) is 27.5 Å². The lowest BCUT2D eigenvalue weighted by molar-refractivity contribution is -0.120. The molecule has 0 radical (unpaired) electrons. The van der Waals surface area contributed by atoms with Crippen LogP contribution in [0, 0.1) is 0 Å². The number of fused-ring (bicyclic) bond motifs is 1. The van der Waals surface area contributed by atoms with Crippen molar-refractivity contribution in [2.75, 3.05) is 6.54 Å². The summed E-state index contributed by atoms with van der Waals surface area (Å²) in [6.07, 6.45) is 1.93. The van der Waals surface area contributed by atoms with Gasteiger partial charge in [-0.1, -0.05) is 54.1 Å². The molecule has 0 atom stereocenters. The second kappa shape index (κ2) is 8.97. The van der Waals surface area contributed by atoms with Gasteiger partial charge in [-0.15, -0.1) is 0 Å². The van der Waals surface area contributed by atoms with Gasteiger partial charge in [-0.2, -0.15) is 0 Å². The largest absolute Gasteiger partial charge is 0.354 e. The molecule has 1 N–H and O–H groups in total. The van der Waals surface area contributed by atoms with Crippen LogP contribution in [0.15, 0.2) is 77.7 Å². The van der Waals surface area contributed by atoms with Crippen molar-refractivity contribution < 1.29 is 4.79 Å². The summed E-state index contributed by atoms with van der Waals surface area (Å²) >= 11 is 5.87. The Morgan fingerprint density at radius 1 is 0.933 bits per heavy atom. The highest BCUT2D eigenvalue weighted by Crippen LogP contribution is 2.12. The number of carbonyl (C=O) groups excluding carboxylic acids is 1. The minimum atomic E-state index is -0.139.